The average molecular weight is 336 g/mol. The fourth-order valence-corrected chi connectivity index (χ4v) is 2.40. The summed E-state index contributed by atoms with van der Waals surface area (Å²) in [6.45, 7) is 5.93. The largest absolute Gasteiger partial charge is 0.473 e. The fourth-order valence-electron chi connectivity index (χ4n) is 1.79. The quantitative estimate of drug-likeness (QED) is 0.876. The molecular weight excluding hydrogens is 318 g/mol. The Morgan fingerprint density at radius 3 is 2.65 bits per heavy atom. The van der Waals surface area contributed by atoms with Gasteiger partial charge in [-0.1, -0.05) is 15.9 Å². The van der Waals surface area contributed by atoms with Gasteiger partial charge in [-0.2, -0.15) is 4.98 Å². The minimum Gasteiger partial charge on any atom is -0.473 e. The molecule has 2 aromatic rings. The molecule has 0 unspecified atom stereocenters. The van der Waals surface area contributed by atoms with Gasteiger partial charge in [0.25, 0.3) is 0 Å². The van der Waals surface area contributed by atoms with Crippen molar-refractivity contribution in [1.82, 2.24) is 4.98 Å². The molecule has 0 aliphatic carbocycles. The summed E-state index contributed by atoms with van der Waals surface area (Å²) < 4.78 is 6.61. The van der Waals surface area contributed by atoms with Gasteiger partial charge in [0.1, 0.15) is 5.82 Å². The Kier molecular flexibility index (Phi) is 4.49. The summed E-state index contributed by atoms with van der Waals surface area (Å²) in [6.07, 6.45) is 0.0353. The normalized spacial score (nSPS) is 10.7. The van der Waals surface area contributed by atoms with Gasteiger partial charge in [0, 0.05) is 10.2 Å². The molecule has 1 heterocycles. The van der Waals surface area contributed by atoms with E-state index in [4.69, 9.17) is 10.5 Å². The zero-order valence-electron chi connectivity index (χ0n) is 11.8. The number of hydrogen-bond acceptors (Lipinski definition) is 4. The summed E-state index contributed by atoms with van der Waals surface area (Å²) in [7, 11) is 0. The summed E-state index contributed by atoms with van der Waals surface area (Å²) in [6, 6.07) is 9.71. The van der Waals surface area contributed by atoms with Gasteiger partial charge in [-0.15, -0.1) is 0 Å². The molecule has 0 aliphatic rings. The summed E-state index contributed by atoms with van der Waals surface area (Å²) >= 11 is 3.48. The Morgan fingerprint density at radius 2 is 2.00 bits per heavy atom. The lowest BCUT2D eigenvalue weighted by molar-refractivity contribution is 0.234. The van der Waals surface area contributed by atoms with Crippen LogP contribution in [0.4, 0.5) is 17.2 Å². The number of anilines is 3. The highest BCUT2D eigenvalue weighted by Crippen LogP contribution is 2.26. The Morgan fingerprint density at radius 1 is 1.25 bits per heavy atom. The van der Waals surface area contributed by atoms with E-state index in [0.29, 0.717) is 17.4 Å². The topological polar surface area (TPSA) is 60.2 Å². The van der Waals surface area contributed by atoms with Crippen molar-refractivity contribution in [2.24, 2.45) is 0 Å². The van der Waals surface area contributed by atoms with E-state index in [2.05, 4.69) is 32.3 Å². The number of aromatic nitrogens is 1. The predicted molar refractivity (Wildman–Crippen MR) is 86.6 cm³/mol. The number of hydrogen-bond donors (Lipinski definition) is 2. The Bertz CT molecular complexity index is 594. The van der Waals surface area contributed by atoms with Gasteiger partial charge in [0.05, 0.1) is 11.8 Å². The highest BCUT2D eigenvalue weighted by Gasteiger charge is 2.07. The first-order valence-electron chi connectivity index (χ1n) is 6.41. The van der Waals surface area contributed by atoms with Gasteiger partial charge in [0.15, 0.2) is 0 Å². The van der Waals surface area contributed by atoms with Crippen molar-refractivity contribution in [3.63, 3.8) is 0 Å². The van der Waals surface area contributed by atoms with E-state index in [1.807, 2.05) is 39.0 Å². The van der Waals surface area contributed by atoms with Crippen molar-refractivity contribution in [3.8, 4) is 5.88 Å². The number of ether oxygens (including phenoxy) is 1. The first-order chi connectivity index (χ1) is 9.44. The maximum atomic E-state index is 5.86. The van der Waals surface area contributed by atoms with Gasteiger partial charge in [0.2, 0.25) is 5.88 Å². The molecule has 0 fully saturated rings. The molecule has 5 heteroatoms. The van der Waals surface area contributed by atoms with E-state index in [1.165, 1.54) is 0 Å². The van der Waals surface area contributed by atoms with Crippen molar-refractivity contribution in [2.75, 3.05) is 11.1 Å². The van der Waals surface area contributed by atoms with E-state index in [9.17, 15) is 0 Å². The molecule has 2 rings (SSSR count). The molecular formula is C15H18BrN3O. The second kappa shape index (κ2) is 6.13. The standard InChI is InChI=1S/C15H18BrN3O/c1-9(2)20-15-13(17)4-5-14(19-15)18-12-7-10(3)6-11(16)8-12/h4-9H,17H2,1-3H3,(H,18,19). The van der Waals surface area contributed by atoms with Crippen LogP contribution in [0.2, 0.25) is 0 Å². The maximum absolute atomic E-state index is 5.86. The molecule has 0 atom stereocenters. The van der Waals surface area contributed by atoms with E-state index < -0.39 is 0 Å². The summed E-state index contributed by atoms with van der Waals surface area (Å²) in [5.74, 6) is 1.16. The zero-order chi connectivity index (χ0) is 14.7. The minimum atomic E-state index is 0.0353. The van der Waals surface area contributed by atoms with Crippen LogP contribution in [0.1, 0.15) is 19.4 Å². The highest BCUT2D eigenvalue weighted by molar-refractivity contribution is 9.10. The van der Waals surface area contributed by atoms with E-state index in [1.54, 1.807) is 6.07 Å². The van der Waals surface area contributed by atoms with Gasteiger partial charge in [-0.3, -0.25) is 0 Å². The molecule has 4 nitrogen and oxygen atoms in total. The van der Waals surface area contributed by atoms with Crippen LogP contribution in [0.3, 0.4) is 0 Å². The fraction of sp³-hybridized carbons (Fsp3) is 0.267. The lowest BCUT2D eigenvalue weighted by atomic mass is 10.2. The highest BCUT2D eigenvalue weighted by atomic mass is 79.9. The van der Waals surface area contributed by atoms with Crippen LogP contribution >= 0.6 is 15.9 Å². The van der Waals surface area contributed by atoms with Crippen molar-refractivity contribution >= 4 is 33.1 Å². The van der Waals surface area contributed by atoms with Crippen LogP contribution in [0.15, 0.2) is 34.8 Å². The third-order valence-electron chi connectivity index (χ3n) is 2.55. The smallest absolute Gasteiger partial charge is 0.239 e. The first kappa shape index (κ1) is 14.7. The molecule has 3 N–H and O–H groups in total. The zero-order valence-corrected chi connectivity index (χ0v) is 13.4. The number of halogens is 1. The molecule has 0 saturated carbocycles. The van der Waals surface area contributed by atoms with Crippen LogP contribution in [0, 0.1) is 6.92 Å². The summed E-state index contributed by atoms with van der Waals surface area (Å²) in [5.41, 5.74) is 8.52. The number of nitrogens with one attached hydrogen (secondary N) is 1. The van der Waals surface area contributed by atoms with Crippen LogP contribution in [0.25, 0.3) is 0 Å². The van der Waals surface area contributed by atoms with Gasteiger partial charge in [-0.25, -0.2) is 0 Å². The monoisotopic (exact) mass is 335 g/mol. The van der Waals surface area contributed by atoms with Crippen LogP contribution < -0.4 is 15.8 Å². The Labute approximate surface area is 127 Å². The van der Waals surface area contributed by atoms with Gasteiger partial charge in [-0.05, 0) is 56.7 Å². The first-order valence-corrected chi connectivity index (χ1v) is 7.21. The number of nitrogens with zero attached hydrogens (tertiary/aromatic N) is 1. The molecule has 0 amide bonds. The van der Waals surface area contributed by atoms with E-state index >= 15 is 0 Å². The summed E-state index contributed by atoms with van der Waals surface area (Å²) in [5, 5.41) is 3.25. The van der Waals surface area contributed by atoms with E-state index in [0.717, 1.165) is 15.7 Å². The molecule has 1 aromatic carbocycles. The molecule has 1 aromatic heterocycles. The second-order valence-electron chi connectivity index (χ2n) is 4.90. The molecule has 20 heavy (non-hydrogen) atoms. The molecule has 106 valence electrons. The lowest BCUT2D eigenvalue weighted by Crippen LogP contribution is -2.09. The molecule has 0 bridgehead atoms. The number of aryl methyl sites for hydroxylation is 1. The second-order valence-corrected chi connectivity index (χ2v) is 5.82. The molecule has 0 radical (unpaired) electrons. The van der Waals surface area contributed by atoms with Crippen molar-refractivity contribution in [2.45, 2.75) is 26.9 Å². The van der Waals surface area contributed by atoms with Crippen molar-refractivity contribution in [3.05, 3.63) is 40.4 Å². The summed E-state index contributed by atoms with van der Waals surface area (Å²) in [4.78, 5) is 4.39. The van der Waals surface area contributed by atoms with Crippen LogP contribution in [-0.2, 0) is 0 Å². The van der Waals surface area contributed by atoms with Crippen molar-refractivity contribution in [1.29, 1.82) is 0 Å². The number of nitrogen functional groups attached to an aromatic ring is 1. The third kappa shape index (κ3) is 3.87. The lowest BCUT2D eigenvalue weighted by Gasteiger charge is -2.13. The van der Waals surface area contributed by atoms with Gasteiger partial charge < -0.3 is 15.8 Å². The van der Waals surface area contributed by atoms with Crippen molar-refractivity contribution < 1.29 is 4.74 Å². The SMILES string of the molecule is Cc1cc(Br)cc(Nc2ccc(N)c(OC(C)C)n2)c1. The molecule has 0 spiro atoms. The third-order valence-corrected chi connectivity index (χ3v) is 3.01. The minimum absolute atomic E-state index is 0.0353. The van der Waals surface area contributed by atoms with Gasteiger partial charge >= 0.3 is 0 Å². The predicted octanol–water partition coefficient (Wildman–Crippen LogP) is 4.27. The number of rotatable bonds is 4. The Hall–Kier alpha value is -1.75. The number of benzene rings is 1. The Balaban J connectivity index is 2.25. The number of pyridine rings is 1. The van der Waals surface area contributed by atoms with Crippen LogP contribution in [0.5, 0.6) is 5.88 Å². The van der Waals surface area contributed by atoms with Crippen LogP contribution in [-0.4, -0.2) is 11.1 Å². The average Bonchev–Trinajstić information content (AvgIpc) is 2.31. The van der Waals surface area contributed by atoms with E-state index in [-0.39, 0.29) is 6.10 Å². The molecule has 0 saturated heterocycles. The maximum Gasteiger partial charge on any atom is 0.239 e. The molecule has 0 aliphatic heterocycles. The number of nitrogens with two attached hydrogens (primary N) is 1.